The first-order chi connectivity index (χ1) is 14.7. The number of para-hydroxylation sites is 1. The van der Waals surface area contributed by atoms with E-state index < -0.39 is 0 Å². The number of amides is 2. The number of likely N-dealkylation sites (N-methyl/N-ethyl adjacent to an activating group) is 1. The molecule has 31 heavy (non-hydrogen) atoms. The molecule has 0 fully saturated rings. The number of benzene rings is 2. The van der Waals surface area contributed by atoms with E-state index in [1.54, 1.807) is 25.0 Å². The van der Waals surface area contributed by atoms with Crippen molar-refractivity contribution >= 4 is 11.8 Å². The number of nitrogens with zero attached hydrogens (tertiary/aromatic N) is 3. The highest BCUT2D eigenvalue weighted by Crippen LogP contribution is 2.27. The van der Waals surface area contributed by atoms with E-state index in [1.165, 1.54) is 4.90 Å². The lowest BCUT2D eigenvalue weighted by Crippen LogP contribution is -2.46. The molecule has 1 aromatic heterocycles. The van der Waals surface area contributed by atoms with Gasteiger partial charge < -0.3 is 15.0 Å². The van der Waals surface area contributed by atoms with Crippen LogP contribution in [0.15, 0.2) is 60.8 Å². The normalized spacial score (nSPS) is 11.1. The first-order valence-corrected chi connectivity index (χ1v) is 10.0. The van der Waals surface area contributed by atoms with Gasteiger partial charge in [0.2, 0.25) is 5.91 Å². The van der Waals surface area contributed by atoms with Gasteiger partial charge in [0, 0.05) is 24.3 Å². The summed E-state index contributed by atoms with van der Waals surface area (Å²) < 4.78 is 7.00. The molecule has 7 nitrogen and oxygen atoms in total. The fourth-order valence-electron chi connectivity index (χ4n) is 3.18. The van der Waals surface area contributed by atoms with Crippen molar-refractivity contribution in [2.45, 2.75) is 26.3 Å². The van der Waals surface area contributed by atoms with Crippen LogP contribution in [-0.4, -0.2) is 52.7 Å². The van der Waals surface area contributed by atoms with Crippen LogP contribution in [0.25, 0.3) is 16.9 Å². The summed E-state index contributed by atoms with van der Waals surface area (Å²) in [5.74, 6) is 0.161. The van der Waals surface area contributed by atoms with E-state index in [0.717, 1.165) is 11.3 Å². The quantitative estimate of drug-likeness (QED) is 0.662. The molecule has 1 heterocycles. The van der Waals surface area contributed by atoms with Gasteiger partial charge in [-0.1, -0.05) is 30.3 Å². The Morgan fingerprint density at radius 1 is 1.10 bits per heavy atom. The number of methoxy groups -OCH3 is 1. The van der Waals surface area contributed by atoms with Gasteiger partial charge in [0.25, 0.3) is 5.91 Å². The summed E-state index contributed by atoms with van der Waals surface area (Å²) in [6.45, 7) is 5.65. The number of nitrogens with one attached hydrogen (secondary N) is 1. The van der Waals surface area contributed by atoms with E-state index >= 15 is 0 Å². The van der Waals surface area contributed by atoms with Crippen molar-refractivity contribution in [2.24, 2.45) is 0 Å². The monoisotopic (exact) mass is 420 g/mol. The van der Waals surface area contributed by atoms with Crippen molar-refractivity contribution < 1.29 is 14.3 Å². The predicted octanol–water partition coefficient (Wildman–Crippen LogP) is 3.53. The van der Waals surface area contributed by atoms with Crippen LogP contribution in [0.3, 0.4) is 0 Å². The summed E-state index contributed by atoms with van der Waals surface area (Å²) in [7, 11) is 3.20. The van der Waals surface area contributed by atoms with E-state index in [4.69, 9.17) is 4.74 Å². The number of carbonyl (C=O) groups is 2. The second-order valence-corrected chi connectivity index (χ2v) is 8.36. The lowest BCUT2D eigenvalue weighted by Gasteiger charge is -2.23. The van der Waals surface area contributed by atoms with Gasteiger partial charge in [0.1, 0.15) is 11.4 Å². The average molecular weight is 421 g/mol. The molecule has 0 atom stereocenters. The predicted molar refractivity (Wildman–Crippen MR) is 120 cm³/mol. The Morgan fingerprint density at radius 3 is 2.45 bits per heavy atom. The van der Waals surface area contributed by atoms with Crippen molar-refractivity contribution in [1.29, 1.82) is 0 Å². The molecular weight excluding hydrogens is 392 g/mol. The second-order valence-electron chi connectivity index (χ2n) is 8.36. The second kappa shape index (κ2) is 9.04. The van der Waals surface area contributed by atoms with E-state index in [1.807, 2.05) is 75.4 Å². The Bertz CT molecular complexity index is 1070. The van der Waals surface area contributed by atoms with Gasteiger partial charge in [0.05, 0.1) is 24.9 Å². The van der Waals surface area contributed by atoms with Gasteiger partial charge in [-0.15, -0.1) is 0 Å². The topological polar surface area (TPSA) is 76.5 Å². The Balaban J connectivity index is 1.98. The number of rotatable bonds is 6. The molecule has 2 amide bonds. The SMILES string of the molecule is COc1cccc(-c2nn(-c3ccccc3)cc2C(=O)N(C)CC(=O)NC(C)(C)C)c1. The molecule has 162 valence electrons. The van der Waals surface area contributed by atoms with E-state index in [-0.39, 0.29) is 23.9 Å². The highest BCUT2D eigenvalue weighted by Gasteiger charge is 2.24. The smallest absolute Gasteiger partial charge is 0.257 e. The maximum Gasteiger partial charge on any atom is 0.257 e. The first-order valence-electron chi connectivity index (χ1n) is 10.0. The number of ether oxygens (including phenoxy) is 1. The van der Waals surface area contributed by atoms with Crippen molar-refractivity contribution in [2.75, 3.05) is 20.7 Å². The third-order valence-electron chi connectivity index (χ3n) is 4.55. The van der Waals surface area contributed by atoms with Gasteiger partial charge in [-0.25, -0.2) is 4.68 Å². The molecule has 0 bridgehead atoms. The summed E-state index contributed by atoms with van der Waals surface area (Å²) in [5.41, 5.74) is 2.15. The molecule has 0 saturated carbocycles. The molecule has 0 aliphatic carbocycles. The van der Waals surface area contributed by atoms with Gasteiger partial charge >= 0.3 is 0 Å². The van der Waals surface area contributed by atoms with Crippen LogP contribution >= 0.6 is 0 Å². The average Bonchev–Trinajstić information content (AvgIpc) is 3.18. The molecule has 0 spiro atoms. The third-order valence-corrected chi connectivity index (χ3v) is 4.55. The molecule has 0 aliphatic rings. The van der Waals surface area contributed by atoms with Gasteiger partial charge in [0.15, 0.2) is 0 Å². The maximum atomic E-state index is 13.3. The molecule has 7 heteroatoms. The number of aromatic nitrogens is 2. The van der Waals surface area contributed by atoms with Crippen molar-refractivity contribution in [3.63, 3.8) is 0 Å². The van der Waals surface area contributed by atoms with Gasteiger partial charge in [-0.3, -0.25) is 9.59 Å². The van der Waals surface area contributed by atoms with E-state index in [9.17, 15) is 9.59 Å². The van der Waals surface area contributed by atoms with Gasteiger partial charge in [-0.2, -0.15) is 5.10 Å². The van der Waals surface area contributed by atoms with Crippen LogP contribution in [0.5, 0.6) is 5.75 Å². The summed E-state index contributed by atoms with van der Waals surface area (Å²) in [4.78, 5) is 27.0. The summed E-state index contributed by atoms with van der Waals surface area (Å²) in [6, 6.07) is 17.0. The number of carbonyl (C=O) groups excluding carboxylic acids is 2. The lowest BCUT2D eigenvalue weighted by atomic mass is 10.1. The first kappa shape index (κ1) is 22.1. The lowest BCUT2D eigenvalue weighted by molar-refractivity contribution is -0.122. The molecule has 1 N–H and O–H groups in total. The summed E-state index contributed by atoms with van der Waals surface area (Å²) >= 11 is 0. The van der Waals surface area contributed by atoms with Crippen LogP contribution in [0.4, 0.5) is 0 Å². The van der Waals surface area contributed by atoms with Crippen LogP contribution in [0, 0.1) is 0 Å². The van der Waals surface area contributed by atoms with Crippen LogP contribution < -0.4 is 10.1 Å². The van der Waals surface area contributed by atoms with Crippen molar-refractivity contribution in [3.05, 3.63) is 66.4 Å². The van der Waals surface area contributed by atoms with Crippen molar-refractivity contribution in [1.82, 2.24) is 20.0 Å². The number of hydrogen-bond acceptors (Lipinski definition) is 4. The standard InChI is InChI=1S/C24H28N4O3/c1-24(2,3)25-21(29)16-27(4)23(30)20-15-28(18-11-7-6-8-12-18)26-22(20)17-10-9-13-19(14-17)31-5/h6-15H,16H2,1-5H3,(H,25,29). The zero-order chi connectivity index (χ0) is 22.6. The Kier molecular flexibility index (Phi) is 6.44. The molecule has 0 radical (unpaired) electrons. The number of hydrogen-bond donors (Lipinski definition) is 1. The van der Waals surface area contributed by atoms with E-state index in [0.29, 0.717) is 17.0 Å². The minimum atomic E-state index is -0.370. The molecule has 0 aliphatic heterocycles. The largest absolute Gasteiger partial charge is 0.497 e. The highest BCUT2D eigenvalue weighted by molar-refractivity contribution is 6.01. The molecule has 2 aromatic carbocycles. The van der Waals surface area contributed by atoms with Crippen LogP contribution in [-0.2, 0) is 4.79 Å². The fourth-order valence-corrected chi connectivity index (χ4v) is 3.18. The zero-order valence-electron chi connectivity index (χ0n) is 18.5. The minimum absolute atomic E-state index is 0.0514. The summed E-state index contributed by atoms with van der Waals surface area (Å²) in [6.07, 6.45) is 1.70. The molecule has 3 rings (SSSR count). The van der Waals surface area contributed by atoms with Crippen LogP contribution in [0.2, 0.25) is 0 Å². The molecule has 0 unspecified atom stereocenters. The highest BCUT2D eigenvalue weighted by atomic mass is 16.5. The minimum Gasteiger partial charge on any atom is -0.497 e. The Labute approximate surface area is 182 Å². The zero-order valence-corrected chi connectivity index (χ0v) is 18.5. The van der Waals surface area contributed by atoms with E-state index in [2.05, 4.69) is 10.4 Å². The van der Waals surface area contributed by atoms with Gasteiger partial charge in [-0.05, 0) is 45.0 Å². The van der Waals surface area contributed by atoms with Crippen LogP contribution in [0.1, 0.15) is 31.1 Å². The molecular formula is C24H28N4O3. The third kappa shape index (κ3) is 5.51. The van der Waals surface area contributed by atoms with Crippen molar-refractivity contribution in [3.8, 4) is 22.7 Å². The maximum absolute atomic E-state index is 13.3. The fraction of sp³-hybridized carbons (Fsp3) is 0.292. The molecule has 0 saturated heterocycles. The summed E-state index contributed by atoms with van der Waals surface area (Å²) in [5, 5.41) is 7.56. The Hall–Kier alpha value is -3.61. The Morgan fingerprint density at radius 2 is 1.81 bits per heavy atom. The molecule has 3 aromatic rings.